The number of thiophene rings is 1. The maximum absolute atomic E-state index is 12.0. The molecular formula is C14H10N2OS2. The summed E-state index contributed by atoms with van der Waals surface area (Å²) >= 11 is 3.11. The summed E-state index contributed by atoms with van der Waals surface area (Å²) in [6, 6.07) is 13.4. The van der Waals surface area contributed by atoms with Gasteiger partial charge in [0, 0.05) is 11.1 Å². The fourth-order valence-corrected chi connectivity index (χ4v) is 3.22. The number of hydrogen-bond donors (Lipinski definition) is 1. The van der Waals surface area contributed by atoms with Crippen LogP contribution >= 0.6 is 22.7 Å². The van der Waals surface area contributed by atoms with Crippen LogP contribution in [0.25, 0.3) is 9.88 Å². The number of anilines is 1. The van der Waals surface area contributed by atoms with Gasteiger partial charge in [-0.05, 0) is 23.6 Å². The molecule has 0 atom stereocenters. The molecule has 0 unspecified atom stereocenters. The molecule has 0 aliphatic rings. The van der Waals surface area contributed by atoms with Gasteiger partial charge in [-0.1, -0.05) is 24.3 Å². The van der Waals surface area contributed by atoms with Crippen molar-refractivity contribution in [2.24, 2.45) is 0 Å². The summed E-state index contributed by atoms with van der Waals surface area (Å²) in [5.41, 5.74) is 1.23. The molecule has 2 aromatic heterocycles. The number of thiazole rings is 1. The molecule has 94 valence electrons. The Bertz CT molecular complexity index is 675. The van der Waals surface area contributed by atoms with E-state index in [2.05, 4.69) is 10.3 Å². The van der Waals surface area contributed by atoms with E-state index in [9.17, 15) is 4.79 Å². The topological polar surface area (TPSA) is 42.0 Å². The molecule has 0 aliphatic heterocycles. The van der Waals surface area contributed by atoms with E-state index < -0.39 is 0 Å². The average Bonchev–Trinajstić information content (AvgIpc) is 3.11. The Hall–Kier alpha value is -1.98. The van der Waals surface area contributed by atoms with Crippen LogP contribution in [0.1, 0.15) is 10.5 Å². The first-order valence-corrected chi connectivity index (χ1v) is 7.44. The van der Waals surface area contributed by atoms with Crippen LogP contribution in [-0.4, -0.2) is 10.9 Å². The summed E-state index contributed by atoms with van der Waals surface area (Å²) in [5, 5.41) is 7.49. The van der Waals surface area contributed by atoms with E-state index in [1.807, 2.05) is 47.8 Å². The molecule has 0 radical (unpaired) electrons. The number of carbonyl (C=O) groups is 1. The lowest BCUT2D eigenvalue weighted by Gasteiger charge is -2.01. The molecule has 0 saturated carbocycles. The van der Waals surface area contributed by atoms with Gasteiger partial charge in [0.2, 0.25) is 0 Å². The Morgan fingerprint density at radius 3 is 2.63 bits per heavy atom. The second-order valence-electron chi connectivity index (χ2n) is 3.84. The molecule has 0 bridgehead atoms. The summed E-state index contributed by atoms with van der Waals surface area (Å²) in [6.07, 6.45) is 0. The highest BCUT2D eigenvalue weighted by Crippen LogP contribution is 2.27. The van der Waals surface area contributed by atoms with Crippen LogP contribution in [0.5, 0.6) is 0 Å². The number of benzene rings is 1. The van der Waals surface area contributed by atoms with Crippen molar-refractivity contribution in [3.05, 3.63) is 58.9 Å². The second-order valence-corrected chi connectivity index (χ2v) is 5.64. The molecule has 19 heavy (non-hydrogen) atoms. The first kappa shape index (κ1) is 12.1. The van der Waals surface area contributed by atoms with Gasteiger partial charge in [-0.25, -0.2) is 4.98 Å². The Morgan fingerprint density at radius 1 is 1.05 bits per heavy atom. The normalized spacial score (nSPS) is 10.3. The maximum atomic E-state index is 12.0. The van der Waals surface area contributed by atoms with Gasteiger partial charge in [-0.15, -0.1) is 22.7 Å². The highest BCUT2D eigenvalue weighted by molar-refractivity contribution is 7.20. The van der Waals surface area contributed by atoms with Gasteiger partial charge in [0.15, 0.2) is 0 Å². The summed E-state index contributed by atoms with van der Waals surface area (Å²) in [5.74, 6) is -0.176. The molecule has 0 aliphatic carbocycles. The van der Waals surface area contributed by atoms with Gasteiger partial charge in [-0.2, -0.15) is 0 Å². The van der Waals surface area contributed by atoms with Crippen LogP contribution in [0.3, 0.4) is 0 Å². The minimum absolute atomic E-state index is 0.176. The Morgan fingerprint density at radius 2 is 1.89 bits per heavy atom. The number of carbonyl (C=O) groups excluding carboxylic acids is 1. The molecule has 2 heterocycles. The van der Waals surface area contributed by atoms with Crippen LogP contribution in [0.4, 0.5) is 5.69 Å². The van der Waals surface area contributed by atoms with Gasteiger partial charge in [-0.3, -0.25) is 4.79 Å². The largest absolute Gasteiger partial charge is 0.321 e. The predicted molar refractivity (Wildman–Crippen MR) is 79.8 cm³/mol. The zero-order valence-electron chi connectivity index (χ0n) is 9.87. The number of amides is 1. The van der Waals surface area contributed by atoms with Crippen LogP contribution < -0.4 is 5.32 Å². The minimum Gasteiger partial charge on any atom is -0.321 e. The lowest BCUT2D eigenvalue weighted by Crippen LogP contribution is -2.11. The molecule has 3 rings (SSSR count). The van der Waals surface area contributed by atoms with Crippen molar-refractivity contribution in [1.29, 1.82) is 0 Å². The van der Waals surface area contributed by atoms with E-state index in [0.29, 0.717) is 5.69 Å². The maximum Gasteiger partial charge on any atom is 0.275 e. The van der Waals surface area contributed by atoms with Gasteiger partial charge in [0.05, 0.1) is 4.88 Å². The third-order valence-electron chi connectivity index (χ3n) is 2.50. The SMILES string of the molecule is O=C(Nc1ccccc1)c1csc(-c2cccs2)n1. The summed E-state index contributed by atoms with van der Waals surface area (Å²) < 4.78 is 0. The minimum atomic E-state index is -0.176. The third kappa shape index (κ3) is 2.72. The number of nitrogens with one attached hydrogen (secondary N) is 1. The summed E-state index contributed by atoms with van der Waals surface area (Å²) in [4.78, 5) is 17.5. The lowest BCUT2D eigenvalue weighted by atomic mass is 10.3. The number of nitrogens with zero attached hydrogens (tertiary/aromatic N) is 1. The van der Waals surface area contributed by atoms with E-state index in [1.165, 1.54) is 11.3 Å². The van der Waals surface area contributed by atoms with Gasteiger partial charge >= 0.3 is 0 Å². The fourth-order valence-electron chi connectivity index (χ4n) is 1.61. The molecule has 3 aromatic rings. The fraction of sp³-hybridized carbons (Fsp3) is 0. The van der Waals surface area contributed by atoms with E-state index in [0.717, 1.165) is 15.6 Å². The van der Waals surface area contributed by atoms with Crippen molar-refractivity contribution in [3.63, 3.8) is 0 Å². The molecule has 3 nitrogen and oxygen atoms in total. The van der Waals surface area contributed by atoms with Crippen molar-refractivity contribution < 1.29 is 4.79 Å². The second kappa shape index (κ2) is 5.34. The van der Waals surface area contributed by atoms with Crippen molar-refractivity contribution in [2.45, 2.75) is 0 Å². The zero-order chi connectivity index (χ0) is 13.1. The van der Waals surface area contributed by atoms with Gasteiger partial charge in [0.25, 0.3) is 5.91 Å². The number of hydrogen-bond acceptors (Lipinski definition) is 4. The lowest BCUT2D eigenvalue weighted by molar-refractivity contribution is 0.102. The molecular weight excluding hydrogens is 276 g/mol. The van der Waals surface area contributed by atoms with E-state index in [4.69, 9.17) is 0 Å². The van der Waals surface area contributed by atoms with Crippen LogP contribution in [-0.2, 0) is 0 Å². The van der Waals surface area contributed by atoms with Gasteiger partial charge in [0.1, 0.15) is 10.7 Å². The van der Waals surface area contributed by atoms with Crippen LogP contribution in [0.15, 0.2) is 53.2 Å². The molecule has 5 heteroatoms. The molecule has 0 saturated heterocycles. The third-order valence-corrected chi connectivity index (χ3v) is 4.38. The van der Waals surface area contributed by atoms with Crippen LogP contribution in [0.2, 0.25) is 0 Å². The first-order chi connectivity index (χ1) is 9.33. The zero-order valence-corrected chi connectivity index (χ0v) is 11.5. The summed E-state index contributed by atoms with van der Waals surface area (Å²) in [6.45, 7) is 0. The van der Waals surface area contributed by atoms with Crippen molar-refractivity contribution in [2.75, 3.05) is 5.32 Å². The quantitative estimate of drug-likeness (QED) is 0.786. The highest BCUT2D eigenvalue weighted by Gasteiger charge is 2.12. The molecule has 1 N–H and O–H groups in total. The van der Waals surface area contributed by atoms with E-state index >= 15 is 0 Å². The molecule has 1 aromatic carbocycles. The van der Waals surface area contributed by atoms with Crippen molar-refractivity contribution in [1.82, 2.24) is 4.98 Å². The Labute approximate surface area is 118 Å². The van der Waals surface area contributed by atoms with Crippen molar-refractivity contribution >= 4 is 34.3 Å². The Kier molecular flexibility index (Phi) is 3.39. The monoisotopic (exact) mass is 286 g/mol. The molecule has 0 fully saturated rings. The van der Waals surface area contributed by atoms with Crippen LogP contribution in [0, 0.1) is 0 Å². The number of para-hydroxylation sites is 1. The standard InChI is InChI=1S/C14H10N2OS2/c17-13(15-10-5-2-1-3-6-10)11-9-19-14(16-11)12-7-4-8-18-12/h1-9H,(H,15,17). The van der Waals surface area contributed by atoms with E-state index in [-0.39, 0.29) is 5.91 Å². The molecule has 1 amide bonds. The van der Waals surface area contributed by atoms with Crippen molar-refractivity contribution in [3.8, 4) is 9.88 Å². The highest BCUT2D eigenvalue weighted by atomic mass is 32.1. The Balaban J connectivity index is 1.78. The van der Waals surface area contributed by atoms with Gasteiger partial charge < -0.3 is 5.32 Å². The molecule has 0 spiro atoms. The number of rotatable bonds is 3. The predicted octanol–water partition coefficient (Wildman–Crippen LogP) is 4.12. The number of aromatic nitrogens is 1. The first-order valence-electron chi connectivity index (χ1n) is 5.69. The van der Waals surface area contributed by atoms with E-state index in [1.54, 1.807) is 16.7 Å². The smallest absolute Gasteiger partial charge is 0.275 e. The average molecular weight is 286 g/mol. The summed E-state index contributed by atoms with van der Waals surface area (Å²) in [7, 11) is 0.